The summed E-state index contributed by atoms with van der Waals surface area (Å²) in [7, 11) is 0. The Kier molecular flexibility index (Phi) is 6.45. The van der Waals surface area contributed by atoms with Gasteiger partial charge in [-0.1, -0.05) is 92.7 Å². The number of carbonyl (C=O) groups is 1. The Morgan fingerprint density at radius 1 is 0.812 bits per heavy atom. The molecule has 0 radical (unpaired) electrons. The fraction of sp³-hybridized carbons (Fsp3) is 0.222. The monoisotopic (exact) mass is 425 g/mol. The summed E-state index contributed by atoms with van der Waals surface area (Å²) in [5.74, 6) is 0.0421. The van der Waals surface area contributed by atoms with Crippen LogP contribution in [0.5, 0.6) is 0 Å². The van der Waals surface area contributed by atoms with Crippen LogP contribution in [0.2, 0.25) is 0 Å². The number of aromatic nitrogens is 2. The third-order valence-corrected chi connectivity index (χ3v) is 5.33. The maximum atomic E-state index is 13.9. The van der Waals surface area contributed by atoms with Gasteiger partial charge in [0.05, 0.1) is 5.39 Å². The fourth-order valence-electron chi connectivity index (χ4n) is 3.82. The zero-order chi connectivity index (χ0) is 22.5. The van der Waals surface area contributed by atoms with Gasteiger partial charge in [0.25, 0.3) is 11.5 Å². The minimum Gasteiger partial charge on any atom is -0.329 e. The van der Waals surface area contributed by atoms with Crippen LogP contribution >= 0.6 is 0 Å². The maximum Gasteiger partial charge on any atom is 0.275 e. The van der Waals surface area contributed by atoms with E-state index in [0.29, 0.717) is 36.1 Å². The maximum absolute atomic E-state index is 13.9. The predicted octanol–water partition coefficient (Wildman–Crippen LogP) is 4.90. The van der Waals surface area contributed by atoms with Crippen molar-refractivity contribution >= 4 is 16.7 Å². The molecule has 0 N–H and O–H groups in total. The standard InChI is InChI=1S/C27H27N3O2/c1-20(2)17-30-26(31)24-16-10-9-15-23(24)25(28-30)27(32)29(18-21-11-5-3-6-12-21)19-22-13-7-4-8-14-22/h3-16,20H,17-19H2,1-2H3. The second-order valence-corrected chi connectivity index (χ2v) is 8.41. The van der Waals surface area contributed by atoms with Crippen molar-refractivity contribution in [1.29, 1.82) is 0 Å². The molecule has 3 aromatic carbocycles. The van der Waals surface area contributed by atoms with E-state index < -0.39 is 0 Å². The average Bonchev–Trinajstić information content (AvgIpc) is 2.81. The molecule has 0 aliphatic rings. The van der Waals surface area contributed by atoms with Gasteiger partial charge in [0.15, 0.2) is 5.69 Å². The smallest absolute Gasteiger partial charge is 0.275 e. The number of amides is 1. The molecule has 0 atom stereocenters. The minimum absolute atomic E-state index is 0.163. The van der Waals surface area contributed by atoms with Crippen molar-refractivity contribution in [3.8, 4) is 0 Å². The van der Waals surface area contributed by atoms with Crippen LogP contribution in [0.4, 0.5) is 0 Å². The molecule has 0 saturated heterocycles. The molecule has 0 spiro atoms. The minimum atomic E-state index is -0.189. The predicted molar refractivity (Wildman–Crippen MR) is 127 cm³/mol. The molecule has 4 rings (SSSR count). The number of fused-ring (bicyclic) bond motifs is 1. The topological polar surface area (TPSA) is 55.2 Å². The quantitative estimate of drug-likeness (QED) is 0.423. The zero-order valence-corrected chi connectivity index (χ0v) is 18.4. The van der Waals surface area contributed by atoms with Gasteiger partial charge >= 0.3 is 0 Å². The van der Waals surface area contributed by atoms with Crippen LogP contribution in [0.25, 0.3) is 10.8 Å². The molecule has 0 aliphatic heterocycles. The second-order valence-electron chi connectivity index (χ2n) is 8.41. The Bertz CT molecular complexity index is 1220. The molecule has 1 amide bonds. The van der Waals surface area contributed by atoms with Crippen molar-refractivity contribution in [3.05, 3.63) is 112 Å². The molecule has 0 fully saturated rings. The van der Waals surface area contributed by atoms with Crippen LogP contribution in [0, 0.1) is 5.92 Å². The van der Waals surface area contributed by atoms with Gasteiger partial charge in [0.2, 0.25) is 0 Å². The lowest BCUT2D eigenvalue weighted by Gasteiger charge is -2.24. The number of hydrogen-bond donors (Lipinski definition) is 0. The first-order valence-corrected chi connectivity index (χ1v) is 10.9. The highest BCUT2D eigenvalue weighted by atomic mass is 16.2. The van der Waals surface area contributed by atoms with Crippen LogP contribution in [-0.4, -0.2) is 20.6 Å². The molecule has 0 saturated carbocycles. The second kappa shape index (κ2) is 9.60. The van der Waals surface area contributed by atoms with Gasteiger partial charge in [-0.2, -0.15) is 5.10 Å². The van der Waals surface area contributed by atoms with Crippen molar-refractivity contribution in [2.24, 2.45) is 5.92 Å². The molecule has 0 aliphatic carbocycles. The number of hydrogen-bond acceptors (Lipinski definition) is 3. The van der Waals surface area contributed by atoms with E-state index in [4.69, 9.17) is 0 Å². The van der Waals surface area contributed by atoms with Gasteiger partial charge in [0.1, 0.15) is 0 Å². The van der Waals surface area contributed by atoms with Crippen LogP contribution < -0.4 is 5.56 Å². The summed E-state index contributed by atoms with van der Waals surface area (Å²) < 4.78 is 1.43. The molecule has 162 valence electrons. The Labute approximate surface area is 187 Å². The Morgan fingerprint density at radius 2 is 1.31 bits per heavy atom. The molecule has 1 aromatic heterocycles. The highest BCUT2D eigenvalue weighted by Gasteiger charge is 2.23. The summed E-state index contributed by atoms with van der Waals surface area (Å²) in [6.45, 7) is 5.42. The lowest BCUT2D eigenvalue weighted by atomic mass is 10.1. The zero-order valence-electron chi connectivity index (χ0n) is 18.4. The summed E-state index contributed by atoms with van der Waals surface area (Å²) in [5.41, 5.74) is 2.23. The third-order valence-electron chi connectivity index (χ3n) is 5.33. The lowest BCUT2D eigenvalue weighted by Crippen LogP contribution is -2.34. The molecular formula is C27H27N3O2. The summed E-state index contributed by atoms with van der Waals surface area (Å²) >= 11 is 0. The van der Waals surface area contributed by atoms with E-state index >= 15 is 0 Å². The largest absolute Gasteiger partial charge is 0.329 e. The first-order valence-electron chi connectivity index (χ1n) is 10.9. The highest BCUT2D eigenvalue weighted by Crippen LogP contribution is 2.19. The van der Waals surface area contributed by atoms with Gasteiger partial charge in [-0.3, -0.25) is 9.59 Å². The van der Waals surface area contributed by atoms with Crippen molar-refractivity contribution in [2.45, 2.75) is 33.5 Å². The van der Waals surface area contributed by atoms with Gasteiger partial charge in [-0.15, -0.1) is 0 Å². The van der Waals surface area contributed by atoms with E-state index in [9.17, 15) is 9.59 Å². The fourth-order valence-corrected chi connectivity index (χ4v) is 3.82. The van der Waals surface area contributed by atoms with Crippen LogP contribution in [0.1, 0.15) is 35.5 Å². The summed E-state index contributed by atoms with van der Waals surface area (Å²) in [4.78, 5) is 28.6. The molecule has 32 heavy (non-hydrogen) atoms. The number of rotatable bonds is 7. The van der Waals surface area contributed by atoms with Gasteiger partial charge in [0, 0.05) is 25.0 Å². The third kappa shape index (κ3) is 4.78. The first-order chi connectivity index (χ1) is 15.5. The van der Waals surface area contributed by atoms with Gasteiger partial charge in [-0.05, 0) is 23.1 Å². The van der Waals surface area contributed by atoms with E-state index in [2.05, 4.69) is 5.10 Å². The van der Waals surface area contributed by atoms with E-state index in [1.807, 2.05) is 86.6 Å². The number of benzene rings is 3. The van der Waals surface area contributed by atoms with Gasteiger partial charge in [-0.25, -0.2) is 4.68 Å². The lowest BCUT2D eigenvalue weighted by molar-refractivity contribution is 0.0723. The molecule has 0 unspecified atom stereocenters. The van der Waals surface area contributed by atoms with Crippen LogP contribution in [0.3, 0.4) is 0 Å². The Morgan fingerprint density at radius 3 is 1.84 bits per heavy atom. The average molecular weight is 426 g/mol. The van der Waals surface area contributed by atoms with Crippen molar-refractivity contribution in [2.75, 3.05) is 0 Å². The number of carbonyl (C=O) groups excluding carboxylic acids is 1. The highest BCUT2D eigenvalue weighted by molar-refractivity contribution is 6.04. The summed E-state index contributed by atoms with van der Waals surface area (Å²) in [5, 5.41) is 5.67. The van der Waals surface area contributed by atoms with Crippen molar-refractivity contribution in [1.82, 2.24) is 14.7 Å². The van der Waals surface area contributed by atoms with Crippen LogP contribution in [0.15, 0.2) is 89.7 Å². The number of nitrogens with zero attached hydrogens (tertiary/aromatic N) is 3. The van der Waals surface area contributed by atoms with E-state index in [1.54, 1.807) is 17.0 Å². The summed E-state index contributed by atoms with van der Waals surface area (Å²) in [6, 6.07) is 27.1. The van der Waals surface area contributed by atoms with E-state index in [1.165, 1.54) is 4.68 Å². The molecular weight excluding hydrogens is 398 g/mol. The molecule has 1 heterocycles. The Hall–Kier alpha value is -3.73. The summed E-state index contributed by atoms with van der Waals surface area (Å²) in [6.07, 6.45) is 0. The molecule has 5 heteroatoms. The Balaban J connectivity index is 1.80. The molecule has 4 aromatic rings. The van der Waals surface area contributed by atoms with Crippen LogP contribution in [-0.2, 0) is 19.6 Å². The van der Waals surface area contributed by atoms with Crippen molar-refractivity contribution < 1.29 is 4.79 Å². The molecule has 5 nitrogen and oxygen atoms in total. The first kappa shape index (κ1) is 21.5. The SMILES string of the molecule is CC(C)Cn1nc(C(=O)N(Cc2ccccc2)Cc2ccccc2)c2ccccc2c1=O. The van der Waals surface area contributed by atoms with E-state index in [-0.39, 0.29) is 17.4 Å². The molecule has 0 bridgehead atoms. The normalized spacial score (nSPS) is 11.1. The van der Waals surface area contributed by atoms with E-state index in [0.717, 1.165) is 11.1 Å². The van der Waals surface area contributed by atoms with Crippen molar-refractivity contribution in [3.63, 3.8) is 0 Å². The van der Waals surface area contributed by atoms with Gasteiger partial charge < -0.3 is 4.90 Å².